The Hall–Kier alpha value is -0.940. The Balaban J connectivity index is 1.92. The van der Waals surface area contributed by atoms with E-state index in [0.29, 0.717) is 5.92 Å². The van der Waals surface area contributed by atoms with E-state index in [0.717, 1.165) is 37.2 Å². The van der Waals surface area contributed by atoms with Crippen molar-refractivity contribution >= 4 is 17.7 Å². The molecule has 1 heterocycles. The molecule has 1 aliphatic rings. The molecule has 0 saturated heterocycles. The molecular weight excluding hydrogens is 260 g/mol. The topological polar surface area (TPSA) is 68.3 Å². The van der Waals surface area contributed by atoms with Gasteiger partial charge in [0.2, 0.25) is 5.91 Å². The van der Waals surface area contributed by atoms with Gasteiger partial charge in [0.15, 0.2) is 0 Å². The standard InChI is InChI=1S/C14H22N2O2S/c1-10-12(5-8-18-10)19-9-6-11-4-3-7-14(11,16-2)13(15)17/h5,8,11,16H,3-4,6-7,9H2,1-2H3,(H2,15,17). The van der Waals surface area contributed by atoms with E-state index >= 15 is 0 Å². The molecule has 1 saturated carbocycles. The van der Waals surface area contributed by atoms with Crippen LogP contribution >= 0.6 is 11.8 Å². The van der Waals surface area contributed by atoms with Crippen molar-refractivity contribution in [1.82, 2.24) is 5.32 Å². The lowest BCUT2D eigenvalue weighted by molar-refractivity contribution is -0.125. The minimum atomic E-state index is -0.494. The zero-order valence-electron chi connectivity index (χ0n) is 11.6. The average molecular weight is 282 g/mol. The summed E-state index contributed by atoms with van der Waals surface area (Å²) in [6.07, 6.45) is 5.73. The number of nitrogens with two attached hydrogens (primary N) is 1. The van der Waals surface area contributed by atoms with E-state index in [9.17, 15) is 4.79 Å². The molecule has 4 nitrogen and oxygen atoms in total. The van der Waals surface area contributed by atoms with Crippen molar-refractivity contribution in [2.45, 2.75) is 43.0 Å². The molecule has 0 aromatic carbocycles. The molecule has 106 valence electrons. The molecule has 3 N–H and O–H groups in total. The van der Waals surface area contributed by atoms with Crippen LogP contribution in [-0.4, -0.2) is 24.2 Å². The molecule has 0 spiro atoms. The monoisotopic (exact) mass is 282 g/mol. The smallest absolute Gasteiger partial charge is 0.238 e. The number of furan rings is 1. The summed E-state index contributed by atoms with van der Waals surface area (Å²) in [6.45, 7) is 1.97. The average Bonchev–Trinajstić information content (AvgIpc) is 2.97. The number of rotatable bonds is 6. The summed E-state index contributed by atoms with van der Waals surface area (Å²) in [5.41, 5.74) is 5.11. The van der Waals surface area contributed by atoms with Crippen molar-refractivity contribution < 1.29 is 9.21 Å². The van der Waals surface area contributed by atoms with Crippen LogP contribution < -0.4 is 11.1 Å². The van der Waals surface area contributed by atoms with Crippen LogP contribution in [0, 0.1) is 12.8 Å². The largest absolute Gasteiger partial charge is 0.468 e. The number of amides is 1. The van der Waals surface area contributed by atoms with Gasteiger partial charge in [0.05, 0.1) is 6.26 Å². The Morgan fingerprint density at radius 3 is 3.05 bits per heavy atom. The lowest BCUT2D eigenvalue weighted by atomic mass is 9.84. The highest BCUT2D eigenvalue weighted by Gasteiger charge is 2.45. The number of nitrogens with one attached hydrogen (secondary N) is 1. The molecule has 2 unspecified atom stereocenters. The van der Waals surface area contributed by atoms with E-state index in [1.807, 2.05) is 20.0 Å². The fourth-order valence-electron chi connectivity index (χ4n) is 3.08. The van der Waals surface area contributed by atoms with E-state index in [1.54, 1.807) is 18.0 Å². The fourth-order valence-corrected chi connectivity index (χ4v) is 4.10. The molecule has 1 amide bonds. The highest BCUT2D eigenvalue weighted by Crippen LogP contribution is 2.39. The SMILES string of the molecule is CNC1(C(N)=O)CCCC1CCSc1ccoc1C. The van der Waals surface area contributed by atoms with Crippen LogP contribution in [0.25, 0.3) is 0 Å². The van der Waals surface area contributed by atoms with Crippen LogP contribution in [0.5, 0.6) is 0 Å². The van der Waals surface area contributed by atoms with Gasteiger partial charge in [-0.2, -0.15) is 0 Å². The molecule has 19 heavy (non-hydrogen) atoms. The molecule has 5 heteroatoms. The summed E-state index contributed by atoms with van der Waals surface area (Å²) in [5, 5.41) is 3.18. The van der Waals surface area contributed by atoms with Crippen molar-refractivity contribution in [3.05, 3.63) is 18.1 Å². The molecule has 1 aliphatic carbocycles. The zero-order chi connectivity index (χ0) is 13.9. The second-order valence-corrected chi connectivity index (χ2v) is 6.29. The van der Waals surface area contributed by atoms with Gasteiger partial charge in [-0.3, -0.25) is 4.79 Å². The molecule has 1 aromatic rings. The van der Waals surface area contributed by atoms with Gasteiger partial charge in [-0.25, -0.2) is 0 Å². The molecule has 2 rings (SSSR count). The number of carbonyl (C=O) groups excluding carboxylic acids is 1. The number of carbonyl (C=O) groups is 1. The Kier molecular flexibility index (Phi) is 4.58. The zero-order valence-corrected chi connectivity index (χ0v) is 12.4. The first-order valence-corrected chi connectivity index (χ1v) is 7.74. The van der Waals surface area contributed by atoms with Crippen LogP contribution in [0.15, 0.2) is 21.6 Å². The van der Waals surface area contributed by atoms with Crippen LogP contribution in [0.1, 0.15) is 31.4 Å². The van der Waals surface area contributed by atoms with Crippen molar-refractivity contribution in [2.24, 2.45) is 11.7 Å². The summed E-state index contributed by atoms with van der Waals surface area (Å²) >= 11 is 1.79. The molecular formula is C14H22N2O2S. The Bertz CT molecular complexity index is 446. The lowest BCUT2D eigenvalue weighted by Gasteiger charge is -2.32. The van der Waals surface area contributed by atoms with Gasteiger partial charge in [-0.15, -0.1) is 11.8 Å². The number of hydrogen-bond donors (Lipinski definition) is 2. The quantitative estimate of drug-likeness (QED) is 0.786. The van der Waals surface area contributed by atoms with E-state index in [2.05, 4.69) is 5.32 Å². The third-order valence-electron chi connectivity index (χ3n) is 4.24. The van der Waals surface area contributed by atoms with Gasteiger partial charge in [0.25, 0.3) is 0 Å². The first-order chi connectivity index (χ1) is 9.10. The first-order valence-electron chi connectivity index (χ1n) is 6.76. The third kappa shape index (κ3) is 2.82. The number of hydrogen-bond acceptors (Lipinski definition) is 4. The van der Waals surface area contributed by atoms with Crippen LogP contribution in [-0.2, 0) is 4.79 Å². The number of thioether (sulfide) groups is 1. The summed E-state index contributed by atoms with van der Waals surface area (Å²) in [7, 11) is 1.84. The van der Waals surface area contributed by atoms with Gasteiger partial charge in [-0.1, -0.05) is 6.42 Å². The summed E-state index contributed by atoms with van der Waals surface area (Å²) in [6, 6.07) is 1.99. The van der Waals surface area contributed by atoms with Gasteiger partial charge in [0, 0.05) is 4.90 Å². The number of aryl methyl sites for hydroxylation is 1. The minimum absolute atomic E-state index is 0.206. The number of likely N-dealkylation sites (N-methyl/N-ethyl adjacent to an activating group) is 1. The molecule has 0 aliphatic heterocycles. The van der Waals surface area contributed by atoms with Crippen molar-refractivity contribution in [3.8, 4) is 0 Å². The molecule has 1 fully saturated rings. The second-order valence-electron chi connectivity index (χ2n) is 5.15. The maximum Gasteiger partial charge on any atom is 0.238 e. The summed E-state index contributed by atoms with van der Waals surface area (Å²) in [5.74, 6) is 2.09. The molecule has 0 bridgehead atoms. The van der Waals surface area contributed by atoms with E-state index in [4.69, 9.17) is 10.2 Å². The molecule has 2 atom stereocenters. The van der Waals surface area contributed by atoms with E-state index in [-0.39, 0.29) is 5.91 Å². The van der Waals surface area contributed by atoms with Crippen LogP contribution in [0.3, 0.4) is 0 Å². The van der Waals surface area contributed by atoms with Gasteiger partial charge < -0.3 is 15.5 Å². The molecule has 0 radical (unpaired) electrons. The van der Waals surface area contributed by atoms with E-state index in [1.165, 1.54) is 4.90 Å². The van der Waals surface area contributed by atoms with Crippen molar-refractivity contribution in [1.29, 1.82) is 0 Å². The van der Waals surface area contributed by atoms with Gasteiger partial charge in [0.1, 0.15) is 11.3 Å². The van der Waals surface area contributed by atoms with E-state index < -0.39 is 5.54 Å². The second kappa shape index (κ2) is 6.01. The normalized spacial score (nSPS) is 26.7. The molecule has 1 aromatic heterocycles. The predicted molar refractivity (Wildman–Crippen MR) is 77.1 cm³/mol. The minimum Gasteiger partial charge on any atom is -0.468 e. The summed E-state index contributed by atoms with van der Waals surface area (Å²) < 4.78 is 5.28. The third-order valence-corrected chi connectivity index (χ3v) is 5.42. The fraction of sp³-hybridized carbons (Fsp3) is 0.643. The van der Waals surface area contributed by atoms with Crippen LogP contribution in [0.4, 0.5) is 0 Å². The maximum atomic E-state index is 11.7. The Morgan fingerprint density at radius 2 is 2.47 bits per heavy atom. The highest BCUT2D eigenvalue weighted by atomic mass is 32.2. The maximum absolute atomic E-state index is 11.7. The first kappa shape index (κ1) is 14.5. The predicted octanol–water partition coefficient (Wildman–Crippen LogP) is 2.31. The summed E-state index contributed by atoms with van der Waals surface area (Å²) in [4.78, 5) is 12.9. The number of primary amides is 1. The highest BCUT2D eigenvalue weighted by molar-refractivity contribution is 7.99. The van der Waals surface area contributed by atoms with Crippen LogP contribution in [0.2, 0.25) is 0 Å². The van der Waals surface area contributed by atoms with Gasteiger partial charge in [-0.05, 0) is 51.0 Å². The Labute approximate surface area is 118 Å². The van der Waals surface area contributed by atoms with Crippen molar-refractivity contribution in [2.75, 3.05) is 12.8 Å². The van der Waals surface area contributed by atoms with Gasteiger partial charge >= 0.3 is 0 Å². The van der Waals surface area contributed by atoms with Crippen molar-refractivity contribution in [3.63, 3.8) is 0 Å². The lowest BCUT2D eigenvalue weighted by Crippen LogP contribution is -2.56. The Morgan fingerprint density at radius 1 is 1.68 bits per heavy atom.